The Morgan fingerprint density at radius 3 is 2.44 bits per heavy atom. The van der Waals surface area contributed by atoms with Crippen LogP contribution in [-0.4, -0.2) is 42.1 Å². The van der Waals surface area contributed by atoms with Crippen LogP contribution >= 0.6 is 12.4 Å². The van der Waals surface area contributed by atoms with Crippen molar-refractivity contribution in [3.8, 4) is 0 Å². The number of ether oxygens (including phenoxy) is 1. The molecule has 1 fully saturated rings. The number of carbonyl (C=O) groups is 1. The largest absolute Gasteiger partial charge is 0.372 e. The molecule has 1 atom stereocenters. The van der Waals surface area contributed by atoms with Crippen molar-refractivity contribution in [3.63, 3.8) is 0 Å². The molecule has 0 radical (unpaired) electrons. The number of hydrogen-bond acceptors (Lipinski definition) is 3. The zero-order valence-corrected chi connectivity index (χ0v) is 11.3. The van der Waals surface area contributed by atoms with Crippen LogP contribution in [0.15, 0.2) is 0 Å². The highest BCUT2D eigenvalue weighted by Crippen LogP contribution is 2.17. The molecule has 4 nitrogen and oxygen atoms in total. The van der Waals surface area contributed by atoms with Crippen LogP contribution in [-0.2, 0) is 9.53 Å². The molecule has 16 heavy (non-hydrogen) atoms. The van der Waals surface area contributed by atoms with Crippen molar-refractivity contribution >= 4 is 18.3 Å². The van der Waals surface area contributed by atoms with Crippen molar-refractivity contribution in [2.75, 3.05) is 19.7 Å². The second kappa shape index (κ2) is 5.84. The first-order valence-electron chi connectivity index (χ1n) is 5.52. The maximum Gasteiger partial charge on any atom is 0.239 e. The standard InChI is InChI=1S/C11H22N2O2.ClH/c1-8(2)9(12)10(14)13-5-6-15-11(3,4)7-13;/h8-9H,5-7,12H2,1-4H3;1H/t9-;/m1./s1. The maximum absolute atomic E-state index is 12.0. The number of nitrogens with two attached hydrogens (primary N) is 1. The van der Waals surface area contributed by atoms with Crippen LogP contribution < -0.4 is 5.73 Å². The van der Waals surface area contributed by atoms with E-state index in [1.54, 1.807) is 0 Å². The summed E-state index contributed by atoms with van der Waals surface area (Å²) in [5, 5.41) is 0. The summed E-state index contributed by atoms with van der Waals surface area (Å²) < 4.78 is 5.55. The summed E-state index contributed by atoms with van der Waals surface area (Å²) in [7, 11) is 0. The summed E-state index contributed by atoms with van der Waals surface area (Å²) in [5.41, 5.74) is 5.60. The molecule has 1 aliphatic heterocycles. The third-order valence-electron chi connectivity index (χ3n) is 2.74. The molecule has 1 saturated heterocycles. The average molecular weight is 251 g/mol. The van der Waals surface area contributed by atoms with Crippen molar-refractivity contribution in [1.29, 1.82) is 0 Å². The highest BCUT2D eigenvalue weighted by Gasteiger charge is 2.32. The van der Waals surface area contributed by atoms with E-state index in [0.29, 0.717) is 19.7 Å². The third kappa shape index (κ3) is 3.92. The van der Waals surface area contributed by atoms with Gasteiger partial charge >= 0.3 is 0 Å². The number of carbonyl (C=O) groups excluding carboxylic acids is 1. The van der Waals surface area contributed by atoms with Crippen molar-refractivity contribution < 1.29 is 9.53 Å². The summed E-state index contributed by atoms with van der Waals surface area (Å²) in [5.74, 6) is 0.227. The number of nitrogens with zero attached hydrogens (tertiary/aromatic N) is 1. The fourth-order valence-electron chi connectivity index (χ4n) is 1.70. The number of halogens is 1. The summed E-state index contributed by atoms with van der Waals surface area (Å²) in [6, 6.07) is -0.390. The molecule has 0 aromatic carbocycles. The SMILES string of the molecule is CC(C)[C@@H](N)C(=O)N1CCOC(C)(C)C1.Cl. The zero-order valence-electron chi connectivity index (χ0n) is 10.5. The van der Waals surface area contributed by atoms with Crippen LogP contribution in [0, 0.1) is 5.92 Å². The molecule has 96 valence electrons. The lowest BCUT2D eigenvalue weighted by Gasteiger charge is -2.39. The summed E-state index contributed by atoms with van der Waals surface area (Å²) in [4.78, 5) is 13.8. The van der Waals surface area contributed by atoms with Crippen LogP contribution in [0.3, 0.4) is 0 Å². The van der Waals surface area contributed by atoms with Gasteiger partial charge in [0.15, 0.2) is 0 Å². The minimum atomic E-state index is -0.390. The third-order valence-corrected chi connectivity index (χ3v) is 2.74. The fraction of sp³-hybridized carbons (Fsp3) is 0.909. The van der Waals surface area contributed by atoms with Gasteiger partial charge in [-0.15, -0.1) is 12.4 Å². The number of morpholine rings is 1. The Kier molecular flexibility index (Phi) is 5.73. The molecule has 0 aliphatic carbocycles. The van der Waals surface area contributed by atoms with Crippen LogP contribution in [0.25, 0.3) is 0 Å². The molecule has 0 saturated carbocycles. The highest BCUT2D eigenvalue weighted by molar-refractivity contribution is 5.85. The van der Waals surface area contributed by atoms with Crippen LogP contribution in [0.4, 0.5) is 0 Å². The Bertz CT molecular complexity index is 244. The van der Waals surface area contributed by atoms with E-state index < -0.39 is 0 Å². The van der Waals surface area contributed by atoms with Crippen molar-refractivity contribution in [2.45, 2.75) is 39.3 Å². The first-order valence-corrected chi connectivity index (χ1v) is 5.52. The van der Waals surface area contributed by atoms with E-state index in [0.717, 1.165) is 0 Å². The van der Waals surface area contributed by atoms with Crippen molar-refractivity contribution in [3.05, 3.63) is 0 Å². The van der Waals surface area contributed by atoms with Crippen molar-refractivity contribution in [2.24, 2.45) is 11.7 Å². The molecular formula is C11H23ClN2O2. The number of amides is 1. The second-order valence-corrected chi connectivity index (χ2v) is 5.14. The van der Waals surface area contributed by atoms with Gasteiger partial charge in [-0.1, -0.05) is 13.8 Å². The molecule has 0 unspecified atom stereocenters. The molecule has 1 heterocycles. The van der Waals surface area contributed by atoms with Gasteiger partial charge in [-0.25, -0.2) is 0 Å². The molecule has 0 aromatic heterocycles. The molecule has 0 spiro atoms. The fourth-order valence-corrected chi connectivity index (χ4v) is 1.70. The van der Waals surface area contributed by atoms with E-state index >= 15 is 0 Å². The maximum atomic E-state index is 12.0. The predicted octanol–water partition coefficient (Wildman–Crippen LogP) is 1.03. The minimum absolute atomic E-state index is 0. The van der Waals surface area contributed by atoms with Gasteiger partial charge in [0, 0.05) is 13.1 Å². The first kappa shape index (κ1) is 15.7. The summed E-state index contributed by atoms with van der Waals surface area (Å²) in [6.07, 6.45) is 0. The summed E-state index contributed by atoms with van der Waals surface area (Å²) in [6.45, 7) is 9.81. The molecule has 1 rings (SSSR count). The number of rotatable bonds is 2. The Morgan fingerprint density at radius 1 is 1.44 bits per heavy atom. The van der Waals surface area contributed by atoms with Gasteiger partial charge in [0.1, 0.15) is 0 Å². The normalized spacial score (nSPS) is 21.5. The molecule has 2 N–H and O–H groups in total. The lowest BCUT2D eigenvalue weighted by molar-refractivity contribution is -0.148. The smallest absolute Gasteiger partial charge is 0.239 e. The van der Waals surface area contributed by atoms with Gasteiger partial charge < -0.3 is 15.4 Å². The second-order valence-electron chi connectivity index (χ2n) is 5.14. The van der Waals surface area contributed by atoms with E-state index in [1.807, 2.05) is 32.6 Å². The zero-order chi connectivity index (χ0) is 11.6. The topological polar surface area (TPSA) is 55.6 Å². The van der Waals surface area contributed by atoms with Gasteiger partial charge in [0.25, 0.3) is 0 Å². The quantitative estimate of drug-likeness (QED) is 0.797. The molecule has 0 aromatic rings. The monoisotopic (exact) mass is 250 g/mol. The molecular weight excluding hydrogens is 228 g/mol. The van der Waals surface area contributed by atoms with Gasteiger partial charge in [0.05, 0.1) is 18.2 Å². The highest BCUT2D eigenvalue weighted by atomic mass is 35.5. The van der Waals surface area contributed by atoms with E-state index in [4.69, 9.17) is 10.5 Å². The Balaban J connectivity index is 0.00000225. The number of hydrogen-bond donors (Lipinski definition) is 1. The predicted molar refractivity (Wildman–Crippen MR) is 66.7 cm³/mol. The molecule has 1 aliphatic rings. The van der Waals surface area contributed by atoms with E-state index in [-0.39, 0.29) is 35.9 Å². The van der Waals surface area contributed by atoms with Crippen molar-refractivity contribution in [1.82, 2.24) is 4.90 Å². The van der Waals surface area contributed by atoms with E-state index in [9.17, 15) is 4.79 Å². The van der Waals surface area contributed by atoms with Gasteiger partial charge in [-0.2, -0.15) is 0 Å². The van der Waals surface area contributed by atoms with Crippen LogP contribution in [0.2, 0.25) is 0 Å². The Hall–Kier alpha value is -0.320. The Morgan fingerprint density at radius 2 is 2.00 bits per heavy atom. The van der Waals surface area contributed by atoms with E-state index in [1.165, 1.54) is 0 Å². The lowest BCUT2D eigenvalue weighted by atomic mass is 10.0. The van der Waals surface area contributed by atoms with Gasteiger partial charge in [-0.05, 0) is 19.8 Å². The van der Waals surface area contributed by atoms with Crippen LogP contribution in [0.5, 0.6) is 0 Å². The lowest BCUT2D eigenvalue weighted by Crippen LogP contribution is -2.55. The van der Waals surface area contributed by atoms with Gasteiger partial charge in [-0.3, -0.25) is 4.79 Å². The first-order chi connectivity index (χ1) is 6.83. The van der Waals surface area contributed by atoms with Gasteiger partial charge in [0.2, 0.25) is 5.91 Å². The molecule has 1 amide bonds. The summed E-state index contributed by atoms with van der Waals surface area (Å²) >= 11 is 0. The average Bonchev–Trinajstić information content (AvgIpc) is 2.13. The van der Waals surface area contributed by atoms with Crippen LogP contribution in [0.1, 0.15) is 27.7 Å². The molecule has 0 bridgehead atoms. The van der Waals surface area contributed by atoms with E-state index in [2.05, 4.69) is 0 Å². The minimum Gasteiger partial charge on any atom is -0.372 e. The Labute approximate surface area is 104 Å². The molecule has 5 heteroatoms.